The minimum absolute atomic E-state index is 0.0382. The largest absolute Gasteiger partial charge is 0.388 e. The Morgan fingerprint density at radius 2 is 1.95 bits per heavy atom. The second-order valence-corrected chi connectivity index (χ2v) is 7.97. The van der Waals surface area contributed by atoms with Gasteiger partial charge in [-0.25, -0.2) is 8.42 Å². The molecule has 1 N–H and O–H groups in total. The molecular formula is C11H17N3O5S2. The average Bonchev–Trinajstić information content (AvgIpc) is 2.83. The van der Waals surface area contributed by atoms with Crippen molar-refractivity contribution in [2.45, 2.75) is 13.0 Å². The van der Waals surface area contributed by atoms with Crippen LogP contribution in [0.25, 0.3) is 0 Å². The zero-order valence-corrected chi connectivity index (χ0v) is 13.4. The van der Waals surface area contributed by atoms with E-state index in [2.05, 4.69) is 0 Å². The Labute approximate surface area is 126 Å². The lowest BCUT2D eigenvalue weighted by Crippen LogP contribution is -2.48. The number of sulfonamides is 1. The second-order valence-electron chi connectivity index (χ2n) is 4.92. The predicted octanol–water partition coefficient (Wildman–Crippen LogP) is 0.791. The quantitative estimate of drug-likeness (QED) is 0.644. The SMILES string of the molecule is C[C@@H](O)c1cc([N+](=O)[O-])c(N2CCN(S(C)(=O)=O)CC2)s1. The molecule has 1 fully saturated rings. The normalized spacial score (nSPS) is 18.7. The van der Waals surface area contributed by atoms with Crippen LogP contribution >= 0.6 is 11.3 Å². The summed E-state index contributed by atoms with van der Waals surface area (Å²) in [6.07, 6.45) is 0.390. The summed E-state index contributed by atoms with van der Waals surface area (Å²) >= 11 is 1.18. The first kappa shape index (κ1) is 16.1. The summed E-state index contributed by atoms with van der Waals surface area (Å²) in [6, 6.07) is 1.38. The van der Waals surface area contributed by atoms with E-state index in [-0.39, 0.29) is 5.69 Å². The first-order chi connectivity index (χ1) is 9.70. The highest BCUT2D eigenvalue weighted by atomic mass is 32.2. The fourth-order valence-corrected chi connectivity index (χ4v) is 4.12. The lowest BCUT2D eigenvalue weighted by Gasteiger charge is -2.33. The number of piperazine rings is 1. The van der Waals surface area contributed by atoms with Crippen molar-refractivity contribution in [3.05, 3.63) is 21.1 Å². The Hall–Kier alpha value is -1.23. The summed E-state index contributed by atoms with van der Waals surface area (Å²) in [6.45, 7) is 2.96. The van der Waals surface area contributed by atoms with E-state index in [0.717, 1.165) is 6.26 Å². The minimum Gasteiger partial charge on any atom is -0.388 e. The van der Waals surface area contributed by atoms with Gasteiger partial charge in [0.15, 0.2) is 5.00 Å². The highest BCUT2D eigenvalue weighted by molar-refractivity contribution is 7.88. The van der Waals surface area contributed by atoms with Gasteiger partial charge in [-0.2, -0.15) is 4.31 Å². The summed E-state index contributed by atoms with van der Waals surface area (Å²) in [4.78, 5) is 13.0. The first-order valence-corrected chi connectivity index (χ1v) is 9.03. The number of nitro groups is 1. The Morgan fingerprint density at radius 1 is 1.38 bits per heavy atom. The zero-order chi connectivity index (χ0) is 15.8. The highest BCUT2D eigenvalue weighted by Crippen LogP contribution is 2.40. The fourth-order valence-electron chi connectivity index (χ4n) is 2.18. The number of thiophene rings is 1. The molecule has 1 aromatic heterocycles. The molecule has 21 heavy (non-hydrogen) atoms. The molecule has 1 saturated heterocycles. The van der Waals surface area contributed by atoms with E-state index in [1.165, 1.54) is 21.7 Å². The zero-order valence-electron chi connectivity index (χ0n) is 11.7. The summed E-state index contributed by atoms with van der Waals surface area (Å²) in [5, 5.41) is 21.2. The van der Waals surface area contributed by atoms with Crippen molar-refractivity contribution in [3.8, 4) is 0 Å². The van der Waals surface area contributed by atoms with Gasteiger partial charge in [0.25, 0.3) is 0 Å². The van der Waals surface area contributed by atoms with Crippen molar-refractivity contribution in [2.24, 2.45) is 0 Å². The van der Waals surface area contributed by atoms with Gasteiger partial charge in [-0.3, -0.25) is 10.1 Å². The average molecular weight is 335 g/mol. The van der Waals surface area contributed by atoms with Crippen molar-refractivity contribution in [3.63, 3.8) is 0 Å². The van der Waals surface area contributed by atoms with Crippen LogP contribution in [0.2, 0.25) is 0 Å². The molecule has 0 aliphatic carbocycles. The number of aliphatic hydroxyl groups is 1. The Morgan fingerprint density at radius 3 is 2.38 bits per heavy atom. The van der Waals surface area contributed by atoms with E-state index in [1.807, 2.05) is 0 Å². The Kier molecular flexibility index (Phi) is 4.51. The van der Waals surface area contributed by atoms with Crippen LogP contribution in [0.4, 0.5) is 10.7 Å². The number of aliphatic hydroxyl groups excluding tert-OH is 1. The number of rotatable bonds is 4. The number of hydrogen-bond donors (Lipinski definition) is 1. The van der Waals surface area contributed by atoms with Gasteiger partial charge in [0.05, 0.1) is 17.3 Å². The van der Waals surface area contributed by atoms with Crippen LogP contribution in [-0.4, -0.2) is 55.2 Å². The third-order valence-corrected chi connectivity index (χ3v) is 5.97. The van der Waals surface area contributed by atoms with Crippen molar-refractivity contribution in [1.29, 1.82) is 0 Å². The van der Waals surface area contributed by atoms with Crippen molar-refractivity contribution in [1.82, 2.24) is 4.31 Å². The van der Waals surface area contributed by atoms with Gasteiger partial charge in [0, 0.05) is 37.1 Å². The first-order valence-electron chi connectivity index (χ1n) is 6.36. The van der Waals surface area contributed by atoms with Crippen LogP contribution < -0.4 is 4.90 Å². The summed E-state index contributed by atoms with van der Waals surface area (Å²) in [5.74, 6) is 0. The smallest absolute Gasteiger partial charge is 0.304 e. The topological polar surface area (TPSA) is 104 Å². The molecule has 0 spiro atoms. The molecule has 2 heterocycles. The summed E-state index contributed by atoms with van der Waals surface area (Å²) in [7, 11) is -3.23. The molecule has 0 saturated carbocycles. The van der Waals surface area contributed by atoms with Gasteiger partial charge in [-0.05, 0) is 6.92 Å². The van der Waals surface area contributed by atoms with Crippen molar-refractivity contribution < 1.29 is 18.4 Å². The molecule has 2 rings (SSSR count). The molecule has 0 aromatic carbocycles. The third-order valence-electron chi connectivity index (χ3n) is 3.32. The van der Waals surface area contributed by atoms with Gasteiger partial charge >= 0.3 is 5.69 Å². The van der Waals surface area contributed by atoms with Crippen molar-refractivity contribution in [2.75, 3.05) is 37.3 Å². The number of nitrogens with zero attached hydrogens (tertiary/aromatic N) is 3. The van der Waals surface area contributed by atoms with Gasteiger partial charge in [0.2, 0.25) is 10.0 Å². The van der Waals surface area contributed by atoms with Gasteiger partial charge < -0.3 is 10.0 Å². The lowest BCUT2D eigenvalue weighted by atomic mass is 10.3. The molecule has 1 aliphatic heterocycles. The maximum atomic E-state index is 11.5. The van der Waals surface area contributed by atoms with E-state index < -0.39 is 21.1 Å². The maximum absolute atomic E-state index is 11.5. The molecular weight excluding hydrogens is 318 g/mol. The number of anilines is 1. The van der Waals surface area contributed by atoms with E-state index in [0.29, 0.717) is 36.1 Å². The molecule has 0 amide bonds. The van der Waals surface area contributed by atoms with Gasteiger partial charge in [0.1, 0.15) is 0 Å². The van der Waals surface area contributed by atoms with E-state index >= 15 is 0 Å². The molecule has 0 unspecified atom stereocenters. The molecule has 0 bridgehead atoms. The lowest BCUT2D eigenvalue weighted by molar-refractivity contribution is -0.383. The van der Waals surface area contributed by atoms with Crippen LogP contribution in [0.5, 0.6) is 0 Å². The van der Waals surface area contributed by atoms with Crippen LogP contribution in [-0.2, 0) is 10.0 Å². The van der Waals surface area contributed by atoms with E-state index in [4.69, 9.17) is 0 Å². The Bertz CT molecular complexity index is 632. The third kappa shape index (κ3) is 3.51. The molecule has 8 nitrogen and oxygen atoms in total. The van der Waals surface area contributed by atoms with Gasteiger partial charge in [-0.1, -0.05) is 0 Å². The molecule has 1 aliphatic rings. The molecule has 1 aromatic rings. The summed E-state index contributed by atoms with van der Waals surface area (Å²) in [5.41, 5.74) is -0.0382. The predicted molar refractivity (Wildman–Crippen MR) is 80.2 cm³/mol. The molecule has 10 heteroatoms. The summed E-state index contributed by atoms with van der Waals surface area (Å²) < 4.78 is 24.3. The van der Waals surface area contributed by atoms with E-state index in [1.54, 1.807) is 11.8 Å². The molecule has 0 radical (unpaired) electrons. The Balaban J connectivity index is 2.22. The monoisotopic (exact) mass is 335 g/mol. The van der Waals surface area contributed by atoms with Crippen LogP contribution in [0.15, 0.2) is 6.07 Å². The molecule has 118 valence electrons. The molecule has 1 atom stereocenters. The van der Waals surface area contributed by atoms with Crippen molar-refractivity contribution >= 4 is 32.0 Å². The van der Waals surface area contributed by atoms with Gasteiger partial charge in [-0.15, -0.1) is 11.3 Å². The minimum atomic E-state index is -3.23. The van der Waals surface area contributed by atoms with Crippen LogP contribution in [0.3, 0.4) is 0 Å². The van der Waals surface area contributed by atoms with Crippen LogP contribution in [0, 0.1) is 10.1 Å². The maximum Gasteiger partial charge on any atom is 0.304 e. The fraction of sp³-hybridized carbons (Fsp3) is 0.636. The standard InChI is InChI=1S/C11H17N3O5S2/c1-8(15)10-7-9(14(16)17)11(20-10)12-3-5-13(6-4-12)21(2,18)19/h7-8,15H,3-6H2,1-2H3/t8-/m1/s1. The van der Waals surface area contributed by atoms with E-state index in [9.17, 15) is 23.6 Å². The number of hydrogen-bond acceptors (Lipinski definition) is 7. The van der Waals surface area contributed by atoms with Crippen LogP contribution in [0.1, 0.15) is 17.9 Å². The highest BCUT2D eigenvalue weighted by Gasteiger charge is 2.30. The second kappa shape index (κ2) is 5.87.